The molecule has 21 heavy (non-hydrogen) atoms. The number of esters is 1. The lowest BCUT2D eigenvalue weighted by molar-refractivity contribution is 0.0603. The number of carbonyl (C=O) groups excluding carboxylic acids is 1. The average Bonchev–Trinajstić information content (AvgIpc) is 2.53. The molecule has 0 N–H and O–H groups in total. The number of ether oxygens (including phenoxy) is 1. The van der Waals surface area contributed by atoms with Crippen molar-refractivity contribution in [3.63, 3.8) is 0 Å². The van der Waals surface area contributed by atoms with Crippen molar-refractivity contribution in [1.82, 2.24) is 4.98 Å². The van der Waals surface area contributed by atoms with E-state index in [9.17, 15) is 4.79 Å². The maximum absolute atomic E-state index is 12.0. The molecule has 3 heteroatoms. The van der Waals surface area contributed by atoms with Crippen LogP contribution in [0.15, 0.2) is 54.6 Å². The molecule has 3 rings (SSSR count). The van der Waals surface area contributed by atoms with Crippen LogP contribution in [0.1, 0.15) is 15.9 Å². The maximum Gasteiger partial charge on any atom is 0.338 e. The van der Waals surface area contributed by atoms with E-state index in [0.717, 1.165) is 27.7 Å². The van der Waals surface area contributed by atoms with E-state index in [-0.39, 0.29) is 5.97 Å². The van der Waals surface area contributed by atoms with Gasteiger partial charge in [-0.05, 0) is 24.6 Å². The first-order valence-electron chi connectivity index (χ1n) is 6.74. The molecule has 0 fully saturated rings. The number of aromatic nitrogens is 1. The lowest BCUT2D eigenvalue weighted by atomic mass is 10.0. The van der Waals surface area contributed by atoms with Gasteiger partial charge in [0.05, 0.1) is 23.9 Å². The van der Waals surface area contributed by atoms with Gasteiger partial charge in [-0.3, -0.25) is 0 Å². The fourth-order valence-electron chi connectivity index (χ4n) is 2.37. The van der Waals surface area contributed by atoms with Gasteiger partial charge in [0.2, 0.25) is 0 Å². The van der Waals surface area contributed by atoms with Crippen LogP contribution in [-0.2, 0) is 4.74 Å². The Labute approximate surface area is 123 Å². The Kier molecular flexibility index (Phi) is 3.40. The molecular formula is C18H15NO2. The summed E-state index contributed by atoms with van der Waals surface area (Å²) in [6.07, 6.45) is 0. The number of carbonyl (C=O) groups is 1. The van der Waals surface area contributed by atoms with Crippen LogP contribution in [0, 0.1) is 6.92 Å². The fourth-order valence-corrected chi connectivity index (χ4v) is 2.37. The molecule has 0 unspecified atom stereocenters. The molecule has 2 aromatic carbocycles. The Morgan fingerprint density at radius 3 is 2.52 bits per heavy atom. The third-order valence-corrected chi connectivity index (χ3v) is 3.44. The minimum atomic E-state index is -0.344. The van der Waals surface area contributed by atoms with E-state index in [1.807, 2.05) is 55.5 Å². The summed E-state index contributed by atoms with van der Waals surface area (Å²) < 4.78 is 4.90. The predicted octanol–water partition coefficient (Wildman–Crippen LogP) is 4.00. The molecule has 0 bridgehead atoms. The van der Waals surface area contributed by atoms with E-state index in [0.29, 0.717) is 5.56 Å². The molecule has 0 saturated carbocycles. The largest absolute Gasteiger partial charge is 0.465 e. The van der Waals surface area contributed by atoms with Crippen LogP contribution >= 0.6 is 0 Å². The molecule has 1 heterocycles. The third-order valence-electron chi connectivity index (χ3n) is 3.44. The zero-order chi connectivity index (χ0) is 14.8. The fraction of sp³-hybridized carbons (Fsp3) is 0.111. The minimum Gasteiger partial charge on any atom is -0.465 e. The van der Waals surface area contributed by atoms with Gasteiger partial charge in [-0.15, -0.1) is 0 Å². The van der Waals surface area contributed by atoms with Crippen LogP contribution in [0.25, 0.3) is 22.2 Å². The van der Waals surface area contributed by atoms with Gasteiger partial charge in [0.1, 0.15) is 0 Å². The summed E-state index contributed by atoms with van der Waals surface area (Å²) >= 11 is 0. The van der Waals surface area contributed by atoms with Crippen molar-refractivity contribution in [2.75, 3.05) is 7.11 Å². The zero-order valence-corrected chi connectivity index (χ0v) is 12.0. The van der Waals surface area contributed by atoms with Crippen molar-refractivity contribution in [2.45, 2.75) is 6.92 Å². The smallest absolute Gasteiger partial charge is 0.338 e. The molecule has 0 aliphatic heterocycles. The number of rotatable bonds is 2. The van der Waals surface area contributed by atoms with E-state index in [2.05, 4.69) is 4.98 Å². The monoisotopic (exact) mass is 277 g/mol. The van der Waals surface area contributed by atoms with Crippen LogP contribution in [0.3, 0.4) is 0 Å². The highest BCUT2D eigenvalue weighted by atomic mass is 16.5. The van der Waals surface area contributed by atoms with E-state index >= 15 is 0 Å². The first kappa shape index (κ1) is 13.3. The summed E-state index contributed by atoms with van der Waals surface area (Å²) in [6, 6.07) is 17.5. The summed E-state index contributed by atoms with van der Waals surface area (Å²) in [6.45, 7) is 2.01. The molecule has 0 atom stereocenters. The van der Waals surface area contributed by atoms with E-state index < -0.39 is 0 Å². The van der Waals surface area contributed by atoms with Crippen molar-refractivity contribution < 1.29 is 9.53 Å². The van der Waals surface area contributed by atoms with Crippen molar-refractivity contribution in [3.8, 4) is 11.3 Å². The Morgan fingerprint density at radius 2 is 1.81 bits per heavy atom. The first-order valence-corrected chi connectivity index (χ1v) is 6.74. The molecule has 0 spiro atoms. The van der Waals surface area contributed by atoms with E-state index in [1.165, 1.54) is 7.11 Å². The van der Waals surface area contributed by atoms with Crippen LogP contribution in [0.4, 0.5) is 0 Å². The summed E-state index contributed by atoms with van der Waals surface area (Å²) in [4.78, 5) is 16.7. The van der Waals surface area contributed by atoms with E-state index in [1.54, 1.807) is 6.07 Å². The van der Waals surface area contributed by atoms with Gasteiger partial charge in [-0.1, -0.05) is 42.5 Å². The van der Waals surface area contributed by atoms with Gasteiger partial charge in [-0.25, -0.2) is 9.78 Å². The second-order valence-corrected chi connectivity index (χ2v) is 4.93. The molecule has 104 valence electrons. The highest BCUT2D eigenvalue weighted by molar-refractivity contribution is 6.04. The standard InChI is InChI=1S/C18H15NO2/c1-12-8-9-14-15(18(20)21-2)11-16(19-17(14)10-12)13-6-4-3-5-7-13/h3-11H,1-2H3. The molecular weight excluding hydrogens is 262 g/mol. The van der Waals surface area contributed by atoms with Gasteiger partial charge in [0.15, 0.2) is 0 Å². The first-order chi connectivity index (χ1) is 10.2. The highest BCUT2D eigenvalue weighted by Gasteiger charge is 2.14. The van der Waals surface area contributed by atoms with Crippen LogP contribution < -0.4 is 0 Å². The molecule has 3 nitrogen and oxygen atoms in total. The number of fused-ring (bicyclic) bond motifs is 1. The Hall–Kier alpha value is -2.68. The number of aryl methyl sites for hydroxylation is 1. The third kappa shape index (κ3) is 2.50. The SMILES string of the molecule is COC(=O)c1cc(-c2ccccc2)nc2cc(C)ccc12. The highest BCUT2D eigenvalue weighted by Crippen LogP contribution is 2.26. The van der Waals surface area contributed by atoms with Crippen LogP contribution in [0.5, 0.6) is 0 Å². The number of hydrogen-bond acceptors (Lipinski definition) is 3. The quantitative estimate of drug-likeness (QED) is 0.665. The minimum absolute atomic E-state index is 0.344. The lowest BCUT2D eigenvalue weighted by Gasteiger charge is -2.09. The van der Waals surface area contributed by atoms with Crippen molar-refractivity contribution >= 4 is 16.9 Å². The van der Waals surface area contributed by atoms with Gasteiger partial charge < -0.3 is 4.74 Å². The lowest BCUT2D eigenvalue weighted by Crippen LogP contribution is -2.04. The number of benzene rings is 2. The van der Waals surface area contributed by atoms with Crippen LogP contribution in [0.2, 0.25) is 0 Å². The summed E-state index contributed by atoms with van der Waals surface area (Å²) in [5, 5.41) is 0.812. The van der Waals surface area contributed by atoms with Gasteiger partial charge in [-0.2, -0.15) is 0 Å². The Morgan fingerprint density at radius 1 is 1.05 bits per heavy atom. The molecule has 0 radical (unpaired) electrons. The topological polar surface area (TPSA) is 39.2 Å². The summed E-state index contributed by atoms with van der Waals surface area (Å²) in [7, 11) is 1.39. The Balaban J connectivity index is 2.30. The second kappa shape index (κ2) is 5.37. The predicted molar refractivity (Wildman–Crippen MR) is 83.3 cm³/mol. The normalized spacial score (nSPS) is 10.6. The maximum atomic E-state index is 12.0. The van der Waals surface area contributed by atoms with Crippen molar-refractivity contribution in [3.05, 3.63) is 65.7 Å². The summed E-state index contributed by atoms with van der Waals surface area (Å²) in [5.74, 6) is -0.344. The molecule has 0 saturated heterocycles. The number of pyridine rings is 1. The van der Waals surface area contributed by atoms with Crippen molar-refractivity contribution in [1.29, 1.82) is 0 Å². The molecule has 3 aromatic rings. The zero-order valence-electron chi connectivity index (χ0n) is 12.0. The number of methoxy groups -OCH3 is 1. The summed E-state index contributed by atoms with van der Waals surface area (Å²) in [5.41, 5.74) is 4.20. The number of hydrogen-bond donors (Lipinski definition) is 0. The molecule has 0 aliphatic rings. The van der Waals surface area contributed by atoms with Crippen LogP contribution in [-0.4, -0.2) is 18.1 Å². The molecule has 0 aliphatic carbocycles. The molecule has 1 aromatic heterocycles. The van der Waals surface area contributed by atoms with Gasteiger partial charge in [0.25, 0.3) is 0 Å². The van der Waals surface area contributed by atoms with Crippen molar-refractivity contribution in [2.24, 2.45) is 0 Å². The average molecular weight is 277 g/mol. The van der Waals surface area contributed by atoms with Gasteiger partial charge >= 0.3 is 5.97 Å². The Bertz CT molecular complexity index is 810. The number of nitrogens with zero attached hydrogens (tertiary/aromatic N) is 1. The van der Waals surface area contributed by atoms with E-state index in [4.69, 9.17) is 4.74 Å². The molecule has 0 amide bonds. The van der Waals surface area contributed by atoms with Gasteiger partial charge in [0, 0.05) is 10.9 Å². The second-order valence-electron chi connectivity index (χ2n) is 4.93.